The molecule has 0 spiro atoms. The minimum Gasteiger partial charge on any atom is -0.348 e. The zero-order valence-corrected chi connectivity index (χ0v) is 12.8. The molecule has 4 nitrogen and oxygen atoms in total. The second-order valence-electron chi connectivity index (χ2n) is 4.91. The minimum atomic E-state index is -3.19. The fourth-order valence-corrected chi connectivity index (χ4v) is 2.59. The summed E-state index contributed by atoms with van der Waals surface area (Å²) in [4.78, 5) is 12.3. The molecule has 0 saturated heterocycles. The number of nitrogens with one attached hydrogen (secondary N) is 1. The lowest BCUT2D eigenvalue weighted by molar-refractivity contribution is 0.0950. The molecule has 2 rings (SSSR count). The van der Waals surface area contributed by atoms with E-state index in [1.165, 1.54) is 6.26 Å². The maximum Gasteiger partial charge on any atom is 0.251 e. The first-order valence-electron chi connectivity index (χ1n) is 6.51. The average molecular weight is 303 g/mol. The largest absolute Gasteiger partial charge is 0.348 e. The standard InChI is InChI=1S/C16H17NO3S/c1-12-5-3-4-6-15(12)16(18)17-11-13-7-9-14(10-8-13)21(2,19)20/h3-10H,11H2,1-2H3,(H,17,18). The van der Waals surface area contributed by atoms with Gasteiger partial charge in [0.25, 0.3) is 5.91 Å². The van der Waals surface area contributed by atoms with Crippen molar-refractivity contribution in [1.29, 1.82) is 0 Å². The first-order chi connectivity index (χ1) is 9.88. The molecule has 0 aliphatic heterocycles. The number of hydrogen-bond acceptors (Lipinski definition) is 3. The van der Waals surface area contributed by atoms with Gasteiger partial charge in [-0.3, -0.25) is 4.79 Å². The van der Waals surface area contributed by atoms with Crippen LogP contribution in [0, 0.1) is 6.92 Å². The van der Waals surface area contributed by atoms with Crippen molar-refractivity contribution in [2.24, 2.45) is 0 Å². The van der Waals surface area contributed by atoms with Crippen molar-refractivity contribution >= 4 is 15.7 Å². The highest BCUT2D eigenvalue weighted by Crippen LogP contribution is 2.11. The fraction of sp³-hybridized carbons (Fsp3) is 0.188. The summed E-state index contributed by atoms with van der Waals surface area (Å²) in [5, 5.41) is 2.83. The van der Waals surface area contributed by atoms with Crippen molar-refractivity contribution in [3.05, 3.63) is 65.2 Å². The van der Waals surface area contributed by atoms with Gasteiger partial charge in [-0.25, -0.2) is 8.42 Å². The zero-order chi connectivity index (χ0) is 15.5. The molecule has 2 aromatic carbocycles. The topological polar surface area (TPSA) is 63.2 Å². The number of aryl methyl sites for hydroxylation is 1. The summed E-state index contributed by atoms with van der Waals surface area (Å²) < 4.78 is 22.7. The first-order valence-corrected chi connectivity index (χ1v) is 8.40. The van der Waals surface area contributed by atoms with Gasteiger partial charge in [0.15, 0.2) is 9.84 Å². The Morgan fingerprint density at radius 1 is 1.05 bits per heavy atom. The van der Waals surface area contributed by atoms with Gasteiger partial charge in [-0.15, -0.1) is 0 Å². The van der Waals surface area contributed by atoms with Crippen LogP contribution in [0.25, 0.3) is 0 Å². The molecule has 0 aromatic heterocycles. The number of carbonyl (C=O) groups excluding carboxylic acids is 1. The highest BCUT2D eigenvalue weighted by molar-refractivity contribution is 7.90. The van der Waals surface area contributed by atoms with Gasteiger partial charge in [0.2, 0.25) is 0 Å². The van der Waals surface area contributed by atoms with E-state index in [9.17, 15) is 13.2 Å². The first kappa shape index (κ1) is 15.3. The Kier molecular flexibility index (Phi) is 4.43. The Morgan fingerprint density at radius 2 is 1.67 bits per heavy atom. The predicted molar refractivity (Wildman–Crippen MR) is 81.9 cm³/mol. The van der Waals surface area contributed by atoms with Crippen molar-refractivity contribution in [3.8, 4) is 0 Å². The van der Waals surface area contributed by atoms with Crippen LogP contribution in [-0.4, -0.2) is 20.6 Å². The molecule has 5 heteroatoms. The number of amides is 1. The van der Waals surface area contributed by atoms with Gasteiger partial charge in [0.1, 0.15) is 0 Å². The average Bonchev–Trinajstić information content (AvgIpc) is 2.45. The lowest BCUT2D eigenvalue weighted by atomic mass is 10.1. The molecule has 110 valence electrons. The molecule has 0 saturated carbocycles. The third kappa shape index (κ3) is 3.92. The van der Waals surface area contributed by atoms with Gasteiger partial charge in [0.05, 0.1) is 4.90 Å². The van der Waals surface area contributed by atoms with Gasteiger partial charge in [-0.05, 0) is 36.2 Å². The maximum atomic E-state index is 12.1. The second-order valence-corrected chi connectivity index (χ2v) is 6.93. The number of rotatable bonds is 4. The van der Waals surface area contributed by atoms with Gasteiger partial charge >= 0.3 is 0 Å². The van der Waals surface area contributed by atoms with Crippen molar-refractivity contribution in [1.82, 2.24) is 5.32 Å². The van der Waals surface area contributed by atoms with Gasteiger partial charge in [-0.2, -0.15) is 0 Å². The van der Waals surface area contributed by atoms with E-state index in [4.69, 9.17) is 0 Å². The highest BCUT2D eigenvalue weighted by Gasteiger charge is 2.09. The third-order valence-electron chi connectivity index (χ3n) is 3.19. The van der Waals surface area contributed by atoms with Gasteiger partial charge < -0.3 is 5.32 Å². The highest BCUT2D eigenvalue weighted by atomic mass is 32.2. The van der Waals surface area contributed by atoms with Gasteiger partial charge in [0, 0.05) is 18.4 Å². The van der Waals surface area contributed by atoms with E-state index in [0.29, 0.717) is 12.1 Å². The number of carbonyl (C=O) groups is 1. The summed E-state index contributed by atoms with van der Waals surface area (Å²) in [6.07, 6.45) is 1.17. The van der Waals surface area contributed by atoms with E-state index < -0.39 is 9.84 Å². The van der Waals surface area contributed by atoms with Crippen LogP contribution in [0.3, 0.4) is 0 Å². The second kappa shape index (κ2) is 6.10. The summed E-state index contributed by atoms with van der Waals surface area (Å²) in [7, 11) is -3.19. The van der Waals surface area contributed by atoms with Crippen LogP contribution in [-0.2, 0) is 16.4 Å². The molecule has 0 radical (unpaired) electrons. The Balaban J connectivity index is 2.04. The van der Waals surface area contributed by atoms with E-state index in [0.717, 1.165) is 11.1 Å². The minimum absolute atomic E-state index is 0.139. The van der Waals surface area contributed by atoms with Crippen LogP contribution in [0.1, 0.15) is 21.5 Å². The van der Waals surface area contributed by atoms with E-state index in [-0.39, 0.29) is 10.8 Å². The Hall–Kier alpha value is -2.14. The van der Waals surface area contributed by atoms with E-state index >= 15 is 0 Å². The van der Waals surface area contributed by atoms with Gasteiger partial charge in [-0.1, -0.05) is 30.3 Å². The molecule has 0 atom stereocenters. The molecule has 2 aromatic rings. The molecule has 1 N–H and O–H groups in total. The smallest absolute Gasteiger partial charge is 0.251 e. The molecule has 0 unspecified atom stereocenters. The van der Waals surface area contributed by atoms with Crippen LogP contribution in [0.4, 0.5) is 0 Å². The summed E-state index contributed by atoms with van der Waals surface area (Å²) >= 11 is 0. The number of sulfone groups is 1. The van der Waals surface area contributed by atoms with E-state index in [2.05, 4.69) is 5.32 Å². The lowest BCUT2D eigenvalue weighted by Gasteiger charge is -2.08. The quantitative estimate of drug-likeness (QED) is 0.943. The Labute approximate surface area is 124 Å². The van der Waals surface area contributed by atoms with E-state index in [1.807, 2.05) is 25.1 Å². The Bertz CT molecular complexity index is 749. The molecule has 21 heavy (non-hydrogen) atoms. The fourth-order valence-electron chi connectivity index (χ4n) is 1.96. The maximum absolute atomic E-state index is 12.1. The molecule has 1 amide bonds. The molecule has 0 aliphatic rings. The molecular formula is C16H17NO3S. The molecule has 0 heterocycles. The summed E-state index contributed by atoms with van der Waals surface area (Å²) in [5.41, 5.74) is 2.41. The van der Waals surface area contributed by atoms with Crippen molar-refractivity contribution in [3.63, 3.8) is 0 Å². The number of hydrogen-bond donors (Lipinski definition) is 1. The molecular weight excluding hydrogens is 286 g/mol. The predicted octanol–water partition coefficient (Wildman–Crippen LogP) is 2.33. The summed E-state index contributed by atoms with van der Waals surface area (Å²) in [5.74, 6) is -0.139. The van der Waals surface area contributed by atoms with Crippen molar-refractivity contribution in [2.75, 3.05) is 6.26 Å². The van der Waals surface area contributed by atoms with Crippen LogP contribution in [0.2, 0.25) is 0 Å². The SMILES string of the molecule is Cc1ccccc1C(=O)NCc1ccc(S(C)(=O)=O)cc1. The van der Waals surface area contributed by atoms with Crippen LogP contribution >= 0.6 is 0 Å². The zero-order valence-electron chi connectivity index (χ0n) is 12.0. The van der Waals surface area contributed by atoms with Crippen LogP contribution in [0.5, 0.6) is 0 Å². The van der Waals surface area contributed by atoms with E-state index in [1.54, 1.807) is 30.3 Å². The summed E-state index contributed by atoms with van der Waals surface area (Å²) in [6.45, 7) is 2.24. The normalized spacial score (nSPS) is 11.1. The molecule has 0 bridgehead atoms. The lowest BCUT2D eigenvalue weighted by Crippen LogP contribution is -2.23. The van der Waals surface area contributed by atoms with Crippen LogP contribution in [0.15, 0.2) is 53.4 Å². The monoisotopic (exact) mass is 303 g/mol. The number of benzene rings is 2. The van der Waals surface area contributed by atoms with Crippen molar-refractivity contribution in [2.45, 2.75) is 18.4 Å². The van der Waals surface area contributed by atoms with Crippen molar-refractivity contribution < 1.29 is 13.2 Å². The molecule has 0 aliphatic carbocycles. The molecule has 0 fully saturated rings. The Morgan fingerprint density at radius 3 is 2.24 bits per heavy atom. The third-order valence-corrected chi connectivity index (χ3v) is 4.32. The van der Waals surface area contributed by atoms with Crippen LogP contribution < -0.4 is 5.32 Å². The summed E-state index contributed by atoms with van der Waals surface area (Å²) in [6, 6.07) is 13.9.